The van der Waals surface area contributed by atoms with Crippen LogP contribution < -0.4 is 0 Å². The molecule has 0 bridgehead atoms. The van der Waals surface area contributed by atoms with E-state index in [9.17, 15) is 15.2 Å². The molecule has 0 spiro atoms. The summed E-state index contributed by atoms with van der Waals surface area (Å²) in [5.74, 6) is -0.252. The molecule has 0 saturated heterocycles. The lowest BCUT2D eigenvalue weighted by Crippen LogP contribution is -2.08. The Morgan fingerprint density at radius 2 is 1.65 bits per heavy atom. The second-order valence-electron chi connectivity index (χ2n) is 4.47. The summed E-state index contributed by atoms with van der Waals surface area (Å²) in [7, 11) is 0. The van der Waals surface area contributed by atoms with Crippen LogP contribution in [0, 0.1) is 10.1 Å². The molecule has 2 aromatic carbocycles. The Hall–Kier alpha value is -2.46. The van der Waals surface area contributed by atoms with Crippen molar-refractivity contribution in [2.24, 2.45) is 0 Å². The number of nitro benzene ring substituents is 1. The molecule has 0 unspecified atom stereocenters. The predicted molar refractivity (Wildman–Crippen MR) is 77.4 cm³/mol. The fraction of sp³-hybridized carbons (Fsp3) is 0.125. The van der Waals surface area contributed by atoms with Gasteiger partial charge in [-0.15, -0.1) is 6.58 Å². The summed E-state index contributed by atoms with van der Waals surface area (Å²) in [6.07, 6.45) is 0.900. The molecule has 20 heavy (non-hydrogen) atoms. The number of hydrogen-bond acceptors (Lipinski definition) is 3. The average molecular weight is 269 g/mol. The lowest BCUT2D eigenvalue weighted by Gasteiger charge is -2.20. The van der Waals surface area contributed by atoms with Crippen molar-refractivity contribution in [3.63, 3.8) is 0 Å². The van der Waals surface area contributed by atoms with Crippen molar-refractivity contribution in [2.75, 3.05) is 0 Å². The van der Waals surface area contributed by atoms with Gasteiger partial charge >= 0.3 is 0 Å². The monoisotopic (exact) mass is 269 g/mol. The third-order valence-electron chi connectivity index (χ3n) is 3.22. The van der Waals surface area contributed by atoms with Crippen LogP contribution in [0.3, 0.4) is 0 Å². The van der Waals surface area contributed by atoms with Gasteiger partial charge in [0.25, 0.3) is 5.69 Å². The number of hydrogen-bond donors (Lipinski definition) is 1. The molecule has 4 nitrogen and oxygen atoms in total. The molecular formula is C16H15NO3. The summed E-state index contributed by atoms with van der Waals surface area (Å²) in [5, 5.41) is 21.0. The summed E-state index contributed by atoms with van der Waals surface area (Å²) >= 11 is 0. The van der Waals surface area contributed by atoms with Gasteiger partial charge in [0, 0.05) is 18.1 Å². The first-order valence-electron chi connectivity index (χ1n) is 6.23. The summed E-state index contributed by atoms with van der Waals surface area (Å²) in [6.45, 7) is 3.76. The highest BCUT2D eigenvalue weighted by Gasteiger charge is 2.20. The van der Waals surface area contributed by atoms with Gasteiger partial charge in [-0.05, 0) is 23.3 Å². The van der Waals surface area contributed by atoms with Gasteiger partial charge in [-0.25, -0.2) is 0 Å². The zero-order chi connectivity index (χ0) is 14.5. The number of aliphatic hydroxyl groups excluding tert-OH is 1. The maximum atomic E-state index is 10.6. The zero-order valence-corrected chi connectivity index (χ0v) is 10.8. The van der Waals surface area contributed by atoms with Crippen LogP contribution in [0.2, 0.25) is 0 Å². The summed E-state index contributed by atoms with van der Waals surface area (Å²) in [6, 6.07) is 15.5. The van der Waals surface area contributed by atoms with Crippen LogP contribution in [-0.4, -0.2) is 10.0 Å². The first kappa shape index (κ1) is 14.0. The maximum Gasteiger partial charge on any atom is 0.269 e. The molecule has 0 amide bonds. The van der Waals surface area contributed by atoms with Crippen molar-refractivity contribution < 1.29 is 10.0 Å². The Balaban J connectivity index is 2.27. The molecule has 0 radical (unpaired) electrons. The van der Waals surface area contributed by atoms with E-state index in [1.807, 2.05) is 30.3 Å². The molecule has 0 heterocycles. The molecule has 2 aromatic rings. The molecule has 0 fully saturated rings. The lowest BCUT2D eigenvalue weighted by molar-refractivity contribution is -0.384. The van der Waals surface area contributed by atoms with Gasteiger partial charge in [0.1, 0.15) is 0 Å². The molecule has 4 heteroatoms. The fourth-order valence-electron chi connectivity index (χ4n) is 2.12. The Kier molecular flexibility index (Phi) is 4.27. The number of nitrogens with zero attached hydrogens (tertiary/aromatic N) is 1. The summed E-state index contributed by atoms with van der Waals surface area (Å²) < 4.78 is 0. The minimum absolute atomic E-state index is 0.0100. The Labute approximate surface area is 117 Å². The van der Waals surface area contributed by atoms with E-state index in [2.05, 4.69) is 6.58 Å². The van der Waals surface area contributed by atoms with Crippen LogP contribution in [0.1, 0.15) is 23.1 Å². The molecule has 0 aromatic heterocycles. The van der Waals surface area contributed by atoms with Gasteiger partial charge in [-0.2, -0.15) is 0 Å². The van der Waals surface area contributed by atoms with Gasteiger partial charge < -0.3 is 5.11 Å². The highest BCUT2D eigenvalue weighted by molar-refractivity contribution is 5.36. The number of aliphatic hydroxyl groups is 1. The van der Waals surface area contributed by atoms with E-state index in [4.69, 9.17) is 0 Å². The van der Waals surface area contributed by atoms with E-state index in [-0.39, 0.29) is 11.6 Å². The van der Waals surface area contributed by atoms with Crippen molar-refractivity contribution in [3.05, 3.63) is 88.5 Å². The van der Waals surface area contributed by atoms with Gasteiger partial charge in [0.15, 0.2) is 0 Å². The SMILES string of the molecule is C=C[C@H](c1ccccc1)[C@H](O)c1ccc([N+](=O)[O-])cc1. The van der Waals surface area contributed by atoms with Crippen LogP contribution in [0.25, 0.3) is 0 Å². The van der Waals surface area contributed by atoms with E-state index < -0.39 is 11.0 Å². The van der Waals surface area contributed by atoms with E-state index in [0.29, 0.717) is 5.56 Å². The van der Waals surface area contributed by atoms with Gasteiger partial charge in [0.2, 0.25) is 0 Å². The van der Waals surface area contributed by atoms with E-state index in [1.54, 1.807) is 18.2 Å². The maximum absolute atomic E-state index is 10.6. The minimum atomic E-state index is -0.782. The van der Waals surface area contributed by atoms with Crippen LogP contribution in [0.5, 0.6) is 0 Å². The molecule has 2 atom stereocenters. The molecule has 0 saturated carbocycles. The normalized spacial score (nSPS) is 13.4. The topological polar surface area (TPSA) is 63.4 Å². The Morgan fingerprint density at radius 1 is 1.05 bits per heavy atom. The van der Waals surface area contributed by atoms with Gasteiger partial charge in [-0.3, -0.25) is 10.1 Å². The van der Waals surface area contributed by atoms with Crippen molar-refractivity contribution in [1.82, 2.24) is 0 Å². The van der Waals surface area contributed by atoms with Crippen LogP contribution in [-0.2, 0) is 0 Å². The third kappa shape index (κ3) is 2.92. The lowest BCUT2D eigenvalue weighted by atomic mass is 9.89. The number of nitro groups is 1. The first-order valence-corrected chi connectivity index (χ1v) is 6.23. The number of benzene rings is 2. The molecular weight excluding hydrogens is 254 g/mol. The molecule has 1 N–H and O–H groups in total. The minimum Gasteiger partial charge on any atom is -0.387 e. The number of rotatable bonds is 5. The largest absolute Gasteiger partial charge is 0.387 e. The standard InChI is InChI=1S/C16H15NO3/c1-2-15(12-6-4-3-5-7-12)16(18)13-8-10-14(11-9-13)17(19)20/h2-11,15-16,18H,1H2/t15-,16-/m1/s1. The average Bonchev–Trinajstić information content (AvgIpc) is 2.49. The third-order valence-corrected chi connectivity index (χ3v) is 3.22. The fourth-order valence-corrected chi connectivity index (χ4v) is 2.12. The van der Waals surface area contributed by atoms with E-state index in [0.717, 1.165) is 5.56 Å². The Morgan fingerprint density at radius 3 is 2.15 bits per heavy atom. The van der Waals surface area contributed by atoms with Gasteiger partial charge in [0.05, 0.1) is 11.0 Å². The van der Waals surface area contributed by atoms with Crippen LogP contribution in [0.4, 0.5) is 5.69 Å². The van der Waals surface area contributed by atoms with E-state index in [1.165, 1.54) is 12.1 Å². The molecule has 0 aliphatic rings. The highest BCUT2D eigenvalue weighted by Crippen LogP contribution is 2.32. The molecule has 2 rings (SSSR count). The van der Waals surface area contributed by atoms with Crippen LogP contribution >= 0.6 is 0 Å². The van der Waals surface area contributed by atoms with Crippen molar-refractivity contribution in [1.29, 1.82) is 0 Å². The predicted octanol–water partition coefficient (Wildman–Crippen LogP) is 3.60. The quantitative estimate of drug-likeness (QED) is 0.512. The zero-order valence-electron chi connectivity index (χ0n) is 10.8. The highest BCUT2D eigenvalue weighted by atomic mass is 16.6. The second kappa shape index (κ2) is 6.12. The van der Waals surface area contributed by atoms with Crippen molar-refractivity contribution in [3.8, 4) is 0 Å². The first-order chi connectivity index (χ1) is 9.63. The molecule has 0 aliphatic carbocycles. The summed E-state index contributed by atoms with van der Waals surface area (Å²) in [5.41, 5.74) is 1.59. The summed E-state index contributed by atoms with van der Waals surface area (Å²) in [4.78, 5) is 10.2. The molecule has 0 aliphatic heterocycles. The number of non-ortho nitro benzene ring substituents is 1. The van der Waals surface area contributed by atoms with Crippen LogP contribution in [0.15, 0.2) is 67.3 Å². The Bertz CT molecular complexity index is 593. The van der Waals surface area contributed by atoms with E-state index >= 15 is 0 Å². The smallest absolute Gasteiger partial charge is 0.269 e. The van der Waals surface area contributed by atoms with Crippen molar-refractivity contribution in [2.45, 2.75) is 12.0 Å². The molecule has 102 valence electrons. The second-order valence-corrected chi connectivity index (χ2v) is 4.47. The van der Waals surface area contributed by atoms with Gasteiger partial charge in [-0.1, -0.05) is 36.4 Å². The van der Waals surface area contributed by atoms with Crippen molar-refractivity contribution >= 4 is 5.69 Å².